The molecule has 0 aromatic heterocycles. The fraction of sp³-hybridized carbons (Fsp3) is 0.696. The number of phosphoric ester groups is 1. The van der Waals surface area contributed by atoms with Crippen molar-refractivity contribution in [1.82, 2.24) is 0 Å². The summed E-state index contributed by atoms with van der Waals surface area (Å²) in [5.41, 5.74) is 0. The average Bonchev–Trinajstić information content (AvgIpc) is 3.18. The monoisotopic (exact) mass is 791 g/mol. The van der Waals surface area contributed by atoms with Gasteiger partial charge in [0.05, 0.1) is 6.61 Å². The smallest absolute Gasteiger partial charge is 0.462 e. The predicted molar refractivity (Wildman–Crippen MR) is 230 cm³/mol. The molecule has 0 saturated carbocycles. The quantitative estimate of drug-likeness (QED) is 0.0284. The molecule has 316 valence electrons. The van der Waals surface area contributed by atoms with Gasteiger partial charge in [0, 0.05) is 20.0 Å². The lowest BCUT2D eigenvalue weighted by Crippen LogP contribution is -2.29. The van der Waals surface area contributed by atoms with Crippen LogP contribution in [-0.2, 0) is 32.7 Å². The third kappa shape index (κ3) is 41.0. The van der Waals surface area contributed by atoms with Gasteiger partial charge in [0.25, 0.3) is 0 Å². The van der Waals surface area contributed by atoms with E-state index in [1.165, 1.54) is 44.9 Å². The molecular weight excluding hydrogens is 711 g/mol. The number of unbranched alkanes of at least 4 members (excludes halogenated alkanes) is 16. The molecule has 0 spiro atoms. The molecular formula is C46H79O8P. The van der Waals surface area contributed by atoms with Crippen molar-refractivity contribution in [2.75, 3.05) is 20.3 Å². The third-order valence-corrected chi connectivity index (χ3v) is 9.87. The minimum Gasteiger partial charge on any atom is -0.462 e. The number of ether oxygens (including phenoxy) is 2. The topological polar surface area (TPSA) is 108 Å². The summed E-state index contributed by atoms with van der Waals surface area (Å²) in [5.74, 6) is -0.833. The van der Waals surface area contributed by atoms with Crippen LogP contribution in [0.1, 0.15) is 181 Å². The average molecular weight is 791 g/mol. The van der Waals surface area contributed by atoms with Crippen LogP contribution in [-0.4, -0.2) is 43.3 Å². The van der Waals surface area contributed by atoms with Crippen LogP contribution < -0.4 is 0 Å². The first-order chi connectivity index (χ1) is 26.8. The molecule has 0 aliphatic rings. The lowest BCUT2D eigenvalue weighted by atomic mass is 10.1. The summed E-state index contributed by atoms with van der Waals surface area (Å²) in [4.78, 5) is 34.5. The first-order valence-electron chi connectivity index (χ1n) is 21.6. The molecule has 0 aliphatic carbocycles. The zero-order valence-electron chi connectivity index (χ0n) is 35.1. The Morgan fingerprint density at radius 1 is 0.527 bits per heavy atom. The third-order valence-electron chi connectivity index (χ3n) is 8.93. The van der Waals surface area contributed by atoms with E-state index < -0.39 is 26.5 Å². The molecule has 0 fully saturated rings. The summed E-state index contributed by atoms with van der Waals surface area (Å²) in [6.07, 6.45) is 52.3. The molecule has 0 bridgehead atoms. The Hall–Kier alpha value is -2.51. The highest BCUT2D eigenvalue weighted by Gasteiger charge is 2.24. The van der Waals surface area contributed by atoms with Gasteiger partial charge in [-0.2, -0.15) is 0 Å². The first kappa shape index (κ1) is 52.5. The van der Waals surface area contributed by atoms with Crippen molar-refractivity contribution in [3.8, 4) is 0 Å². The summed E-state index contributed by atoms with van der Waals surface area (Å²) in [6, 6.07) is 0. The molecule has 2 unspecified atom stereocenters. The van der Waals surface area contributed by atoms with Crippen LogP contribution in [0.5, 0.6) is 0 Å². The van der Waals surface area contributed by atoms with E-state index in [2.05, 4.69) is 91.3 Å². The van der Waals surface area contributed by atoms with Crippen LogP contribution in [0.2, 0.25) is 0 Å². The normalized spacial score (nSPS) is 14.0. The molecule has 0 rings (SSSR count). The molecule has 55 heavy (non-hydrogen) atoms. The maximum atomic E-state index is 12.5. The van der Waals surface area contributed by atoms with Gasteiger partial charge in [0.1, 0.15) is 6.61 Å². The van der Waals surface area contributed by atoms with Crippen LogP contribution in [0.4, 0.5) is 0 Å². The molecule has 0 aromatic carbocycles. The van der Waals surface area contributed by atoms with E-state index in [4.69, 9.17) is 14.0 Å². The Bertz CT molecular complexity index is 1120. The van der Waals surface area contributed by atoms with Crippen LogP contribution in [0.3, 0.4) is 0 Å². The molecule has 1 N–H and O–H groups in total. The van der Waals surface area contributed by atoms with E-state index in [0.29, 0.717) is 6.42 Å². The number of allylic oxidation sites excluding steroid dienone is 12. The summed E-state index contributed by atoms with van der Waals surface area (Å²) in [7, 11) is -3.22. The van der Waals surface area contributed by atoms with E-state index >= 15 is 0 Å². The maximum Gasteiger partial charge on any atom is 0.472 e. The van der Waals surface area contributed by atoms with E-state index in [0.717, 1.165) is 110 Å². The van der Waals surface area contributed by atoms with Crippen LogP contribution >= 0.6 is 7.82 Å². The van der Waals surface area contributed by atoms with E-state index in [-0.39, 0.29) is 25.4 Å². The second kappa shape index (κ2) is 41.1. The van der Waals surface area contributed by atoms with E-state index in [1.54, 1.807) is 0 Å². The summed E-state index contributed by atoms with van der Waals surface area (Å²) in [6.45, 7) is 3.73. The number of carbonyl (C=O) groups excluding carboxylic acids is 2. The molecule has 0 aromatic rings. The van der Waals surface area contributed by atoms with Crippen molar-refractivity contribution in [1.29, 1.82) is 0 Å². The summed E-state index contributed by atoms with van der Waals surface area (Å²) in [5, 5.41) is 0. The Kier molecular flexibility index (Phi) is 39.3. The Labute approximate surface area is 336 Å². The number of hydrogen-bond donors (Lipinski definition) is 1. The molecule has 8 nitrogen and oxygen atoms in total. The first-order valence-corrected chi connectivity index (χ1v) is 23.1. The van der Waals surface area contributed by atoms with E-state index in [9.17, 15) is 19.0 Å². The molecule has 2 atom stereocenters. The molecule has 0 radical (unpaired) electrons. The molecule has 0 aliphatic heterocycles. The van der Waals surface area contributed by atoms with Gasteiger partial charge in [-0.1, -0.05) is 157 Å². The van der Waals surface area contributed by atoms with Gasteiger partial charge in [-0.05, 0) is 83.5 Å². The summed E-state index contributed by atoms with van der Waals surface area (Å²) >= 11 is 0. The zero-order chi connectivity index (χ0) is 40.3. The van der Waals surface area contributed by atoms with Gasteiger partial charge < -0.3 is 14.4 Å². The molecule has 9 heteroatoms. The highest BCUT2D eigenvalue weighted by molar-refractivity contribution is 7.47. The van der Waals surface area contributed by atoms with E-state index in [1.807, 2.05) is 0 Å². The number of phosphoric acid groups is 1. The van der Waals surface area contributed by atoms with Gasteiger partial charge in [-0.15, -0.1) is 0 Å². The van der Waals surface area contributed by atoms with Gasteiger partial charge >= 0.3 is 19.8 Å². The van der Waals surface area contributed by atoms with Crippen molar-refractivity contribution in [3.63, 3.8) is 0 Å². The second-order valence-corrected chi connectivity index (χ2v) is 15.7. The minimum atomic E-state index is -4.27. The SMILES string of the molecule is CC/C=C\C/C=C\C/C=C\C/C=C\CCCCCCCCC(=O)OC(COC(=O)CCCCCCCCC/C=C\C/C=C\CCCCC)COP(=O)(O)OC. The lowest BCUT2D eigenvalue weighted by molar-refractivity contribution is -0.161. The largest absolute Gasteiger partial charge is 0.472 e. The van der Waals surface area contributed by atoms with Crippen molar-refractivity contribution in [2.24, 2.45) is 0 Å². The highest BCUT2D eigenvalue weighted by atomic mass is 31.2. The van der Waals surface area contributed by atoms with Crippen LogP contribution in [0.25, 0.3) is 0 Å². The van der Waals surface area contributed by atoms with Crippen molar-refractivity contribution >= 4 is 19.8 Å². The standard InChI is InChI=1S/C46H79O8P/c1-4-6-8-10-12-14-16-18-20-22-23-25-27-29-31-33-35-37-39-41-46(48)54-44(43-53-55(49,50)51-3)42-52-45(47)40-38-36-34-32-30-28-26-24-21-19-17-15-13-11-9-7-5-2/h6,8,12-15,18-21,23,25,44H,4-5,7,9-11,16-17,22,24,26-43H2,1-3H3,(H,49,50)/b8-6-,14-12-,15-13-,20-18-,21-19-,25-23-. The van der Waals surface area contributed by atoms with Gasteiger partial charge in [-0.25, -0.2) is 4.57 Å². The second-order valence-electron chi connectivity index (χ2n) is 14.1. The predicted octanol–water partition coefficient (Wildman–Crippen LogP) is 13.7. The highest BCUT2D eigenvalue weighted by Crippen LogP contribution is 2.42. The fourth-order valence-corrected chi connectivity index (χ4v) is 6.08. The molecule has 0 amide bonds. The number of rotatable bonds is 39. The Balaban J connectivity index is 4.05. The Morgan fingerprint density at radius 3 is 1.38 bits per heavy atom. The molecule has 0 heterocycles. The number of hydrogen-bond acceptors (Lipinski definition) is 7. The Morgan fingerprint density at radius 2 is 0.927 bits per heavy atom. The minimum absolute atomic E-state index is 0.223. The van der Waals surface area contributed by atoms with Crippen molar-refractivity contribution in [2.45, 2.75) is 187 Å². The maximum absolute atomic E-state index is 12.5. The fourth-order valence-electron chi connectivity index (χ4n) is 5.62. The summed E-state index contributed by atoms with van der Waals surface area (Å²) < 4.78 is 32.0. The van der Waals surface area contributed by atoms with Crippen LogP contribution in [0.15, 0.2) is 72.9 Å². The zero-order valence-corrected chi connectivity index (χ0v) is 36.0. The van der Waals surface area contributed by atoms with Gasteiger partial charge in [-0.3, -0.25) is 18.6 Å². The lowest BCUT2D eigenvalue weighted by Gasteiger charge is -2.19. The van der Waals surface area contributed by atoms with Gasteiger partial charge in [0.2, 0.25) is 0 Å². The van der Waals surface area contributed by atoms with Gasteiger partial charge in [0.15, 0.2) is 6.10 Å². The number of esters is 2. The number of carbonyl (C=O) groups is 2. The van der Waals surface area contributed by atoms with Crippen molar-refractivity contribution < 1.29 is 37.6 Å². The van der Waals surface area contributed by atoms with Crippen LogP contribution in [0, 0.1) is 0 Å². The molecule has 0 saturated heterocycles. The van der Waals surface area contributed by atoms with Crippen molar-refractivity contribution in [3.05, 3.63) is 72.9 Å².